The molecule has 2 aliphatic rings. The van der Waals surface area contributed by atoms with E-state index >= 15 is 0 Å². The Morgan fingerprint density at radius 1 is 1.17 bits per heavy atom. The van der Waals surface area contributed by atoms with E-state index in [-0.39, 0.29) is 0 Å². The fraction of sp³-hybridized carbons (Fsp3) is 0.833. The molecule has 5 heteroatoms. The number of hydrogen-bond donors (Lipinski definition) is 1. The Bertz CT molecular complexity index is 522. The molecular weight excluding hydrogens is 286 g/mol. The monoisotopic (exact) mass is 319 g/mol. The summed E-state index contributed by atoms with van der Waals surface area (Å²) in [4.78, 5) is 4.87. The summed E-state index contributed by atoms with van der Waals surface area (Å²) in [5.41, 5.74) is 2.61. The molecule has 130 valence electrons. The van der Waals surface area contributed by atoms with Crippen LogP contribution < -0.4 is 10.2 Å². The van der Waals surface area contributed by atoms with Gasteiger partial charge in [-0.05, 0) is 44.7 Å². The smallest absolute Gasteiger partial charge is 0.130 e. The first-order chi connectivity index (χ1) is 11.0. The summed E-state index contributed by atoms with van der Waals surface area (Å²) in [6.45, 7) is 7.95. The molecule has 1 aliphatic carbocycles. The molecule has 0 bridgehead atoms. The zero-order valence-electron chi connectivity index (χ0n) is 15.5. The second kappa shape index (κ2) is 6.81. The molecule has 1 aromatic heterocycles. The third-order valence-corrected chi connectivity index (χ3v) is 5.27. The Labute approximate surface area is 141 Å². The van der Waals surface area contributed by atoms with E-state index < -0.39 is 0 Å². The van der Waals surface area contributed by atoms with E-state index in [1.807, 2.05) is 4.68 Å². The quantitative estimate of drug-likeness (QED) is 0.873. The summed E-state index contributed by atoms with van der Waals surface area (Å²) in [7, 11) is 6.27. The van der Waals surface area contributed by atoms with Gasteiger partial charge in [-0.1, -0.05) is 13.8 Å². The van der Waals surface area contributed by atoms with Crippen LogP contribution in [0.2, 0.25) is 0 Å². The maximum Gasteiger partial charge on any atom is 0.130 e. The minimum atomic E-state index is 0.461. The molecule has 0 atom stereocenters. The molecule has 1 aromatic rings. The normalized spacial score (nSPS) is 20.4. The number of likely N-dealkylation sites (tertiary alicyclic amines) is 1. The van der Waals surface area contributed by atoms with Crippen molar-refractivity contribution in [2.75, 3.05) is 32.1 Å². The maximum absolute atomic E-state index is 4.77. The number of hydrogen-bond acceptors (Lipinski definition) is 4. The fourth-order valence-corrected chi connectivity index (χ4v) is 3.93. The number of nitrogens with one attached hydrogen (secondary N) is 1. The lowest BCUT2D eigenvalue weighted by atomic mass is 10.0. The van der Waals surface area contributed by atoms with Crippen LogP contribution in [0.3, 0.4) is 0 Å². The van der Waals surface area contributed by atoms with Crippen LogP contribution in [0.4, 0.5) is 5.82 Å². The Morgan fingerprint density at radius 3 is 2.35 bits per heavy atom. The third-order valence-electron chi connectivity index (χ3n) is 5.27. The molecule has 5 nitrogen and oxygen atoms in total. The molecule has 3 rings (SSSR count). The molecule has 0 aromatic carbocycles. The topological polar surface area (TPSA) is 36.3 Å². The molecule has 1 N–H and O–H groups in total. The van der Waals surface area contributed by atoms with Gasteiger partial charge in [0.2, 0.25) is 0 Å². The van der Waals surface area contributed by atoms with Gasteiger partial charge in [-0.2, -0.15) is 5.10 Å². The molecule has 0 unspecified atom stereocenters. The lowest BCUT2D eigenvalue weighted by molar-refractivity contribution is 0.189. The molecule has 1 saturated heterocycles. The summed E-state index contributed by atoms with van der Waals surface area (Å²) in [5.74, 6) is 1.69. The molecule has 1 saturated carbocycles. The zero-order valence-corrected chi connectivity index (χ0v) is 15.5. The summed E-state index contributed by atoms with van der Waals surface area (Å²) < 4.78 is 2.03. The van der Waals surface area contributed by atoms with Gasteiger partial charge in [-0.15, -0.1) is 0 Å². The predicted molar refractivity (Wildman–Crippen MR) is 96.1 cm³/mol. The van der Waals surface area contributed by atoms with Crippen LogP contribution in [0, 0.1) is 0 Å². The SMILES string of the molecule is CC(C)c1nn(C)c(N(C)C)c1CNC1CCN(C2CC2)CC1. The van der Waals surface area contributed by atoms with Crippen molar-refractivity contribution in [3.8, 4) is 0 Å². The first-order valence-electron chi connectivity index (χ1n) is 9.18. The number of rotatable bonds is 6. The lowest BCUT2D eigenvalue weighted by Gasteiger charge is -2.32. The van der Waals surface area contributed by atoms with Crippen LogP contribution in [-0.4, -0.2) is 53.9 Å². The molecule has 0 amide bonds. The second-order valence-electron chi connectivity index (χ2n) is 7.78. The van der Waals surface area contributed by atoms with Gasteiger partial charge in [0, 0.05) is 45.3 Å². The van der Waals surface area contributed by atoms with Crippen molar-refractivity contribution >= 4 is 5.82 Å². The first-order valence-corrected chi connectivity index (χ1v) is 9.18. The van der Waals surface area contributed by atoms with Crippen molar-refractivity contribution in [2.45, 2.75) is 64.1 Å². The molecule has 2 heterocycles. The van der Waals surface area contributed by atoms with E-state index in [2.05, 4.69) is 50.1 Å². The van der Waals surface area contributed by atoms with Crippen LogP contribution >= 0.6 is 0 Å². The van der Waals surface area contributed by atoms with Gasteiger partial charge < -0.3 is 15.1 Å². The van der Waals surface area contributed by atoms with Gasteiger partial charge in [-0.25, -0.2) is 0 Å². The summed E-state index contributed by atoms with van der Waals surface area (Å²) >= 11 is 0. The van der Waals surface area contributed by atoms with Gasteiger partial charge >= 0.3 is 0 Å². The van der Waals surface area contributed by atoms with Crippen LogP contribution in [0.1, 0.15) is 56.7 Å². The van der Waals surface area contributed by atoms with Crippen LogP contribution in [0.25, 0.3) is 0 Å². The van der Waals surface area contributed by atoms with Crippen molar-refractivity contribution < 1.29 is 0 Å². The molecule has 0 spiro atoms. The van der Waals surface area contributed by atoms with Crippen molar-refractivity contribution in [1.29, 1.82) is 0 Å². The predicted octanol–water partition coefficient (Wildman–Crippen LogP) is 2.33. The van der Waals surface area contributed by atoms with Gasteiger partial charge in [0.05, 0.1) is 5.69 Å². The maximum atomic E-state index is 4.77. The molecule has 0 radical (unpaired) electrons. The average Bonchev–Trinajstić information content (AvgIpc) is 3.29. The number of anilines is 1. The van der Waals surface area contributed by atoms with E-state index in [0.717, 1.165) is 12.6 Å². The average molecular weight is 319 g/mol. The molecular formula is C18H33N5. The fourth-order valence-electron chi connectivity index (χ4n) is 3.93. The van der Waals surface area contributed by atoms with Crippen LogP contribution in [-0.2, 0) is 13.6 Å². The van der Waals surface area contributed by atoms with E-state index in [0.29, 0.717) is 12.0 Å². The standard InChI is InChI=1S/C18H33N5/c1-13(2)17-16(18(21(3)4)22(5)20-17)12-19-14-8-10-23(11-9-14)15-6-7-15/h13-15,19H,6-12H2,1-5H3. The van der Waals surface area contributed by atoms with Crippen molar-refractivity contribution in [1.82, 2.24) is 20.0 Å². The highest BCUT2D eigenvalue weighted by atomic mass is 15.4. The Balaban J connectivity index is 1.63. The van der Waals surface area contributed by atoms with E-state index in [1.54, 1.807) is 0 Å². The molecule has 2 fully saturated rings. The van der Waals surface area contributed by atoms with Gasteiger partial charge in [0.25, 0.3) is 0 Å². The minimum Gasteiger partial charge on any atom is -0.363 e. The minimum absolute atomic E-state index is 0.461. The van der Waals surface area contributed by atoms with Crippen molar-refractivity contribution in [3.63, 3.8) is 0 Å². The lowest BCUT2D eigenvalue weighted by Crippen LogP contribution is -2.43. The van der Waals surface area contributed by atoms with Crippen LogP contribution in [0.15, 0.2) is 0 Å². The first kappa shape index (κ1) is 16.8. The Hall–Kier alpha value is -1.07. The highest BCUT2D eigenvalue weighted by Crippen LogP contribution is 2.30. The van der Waals surface area contributed by atoms with Gasteiger partial charge in [0.1, 0.15) is 5.82 Å². The summed E-state index contributed by atoms with van der Waals surface area (Å²) in [6.07, 6.45) is 5.42. The number of aryl methyl sites for hydroxylation is 1. The number of piperidine rings is 1. The van der Waals surface area contributed by atoms with Crippen molar-refractivity contribution in [2.24, 2.45) is 7.05 Å². The summed E-state index contributed by atoms with van der Waals surface area (Å²) in [6, 6.07) is 1.57. The highest BCUT2D eigenvalue weighted by molar-refractivity contribution is 5.50. The molecule has 23 heavy (non-hydrogen) atoms. The molecule has 1 aliphatic heterocycles. The second-order valence-corrected chi connectivity index (χ2v) is 7.78. The van der Waals surface area contributed by atoms with Crippen LogP contribution in [0.5, 0.6) is 0 Å². The largest absolute Gasteiger partial charge is 0.363 e. The van der Waals surface area contributed by atoms with E-state index in [9.17, 15) is 0 Å². The highest BCUT2D eigenvalue weighted by Gasteiger charge is 2.31. The van der Waals surface area contributed by atoms with Gasteiger partial charge in [0.15, 0.2) is 0 Å². The number of nitrogens with zero attached hydrogens (tertiary/aromatic N) is 4. The summed E-state index contributed by atoms with van der Waals surface area (Å²) in [5, 5.41) is 8.58. The van der Waals surface area contributed by atoms with E-state index in [4.69, 9.17) is 5.10 Å². The van der Waals surface area contributed by atoms with Gasteiger partial charge in [-0.3, -0.25) is 4.68 Å². The number of aromatic nitrogens is 2. The third kappa shape index (κ3) is 3.72. The Kier molecular flexibility index (Phi) is 4.97. The van der Waals surface area contributed by atoms with Crippen molar-refractivity contribution in [3.05, 3.63) is 11.3 Å². The van der Waals surface area contributed by atoms with E-state index in [1.165, 1.54) is 55.8 Å². The zero-order chi connectivity index (χ0) is 16.6. The Morgan fingerprint density at radius 2 is 1.83 bits per heavy atom.